The lowest BCUT2D eigenvalue weighted by molar-refractivity contribution is -0.139. The van der Waals surface area contributed by atoms with Crippen LogP contribution >= 0.6 is 0 Å². The molecule has 0 heterocycles. The fraction of sp³-hybridized carbons (Fsp3) is 0.875. The molecular weight excluding hydrogens is 396 g/mol. The summed E-state index contributed by atoms with van der Waals surface area (Å²) in [5.41, 5.74) is 5.44. The average Bonchev–Trinajstić information content (AvgIpc) is 2.72. The summed E-state index contributed by atoms with van der Waals surface area (Å²) >= 11 is 0. The van der Waals surface area contributed by atoms with E-state index in [2.05, 4.69) is 5.32 Å². The van der Waals surface area contributed by atoms with Gasteiger partial charge >= 0.3 is 11.9 Å². The van der Waals surface area contributed by atoms with E-state index in [4.69, 9.17) is 15.9 Å². The van der Waals surface area contributed by atoms with E-state index in [0.29, 0.717) is 32.2 Å². The van der Waals surface area contributed by atoms with Crippen molar-refractivity contribution in [2.45, 2.75) is 128 Å². The van der Waals surface area contributed by atoms with Crippen LogP contribution in [0.2, 0.25) is 0 Å². The van der Waals surface area contributed by atoms with Crippen molar-refractivity contribution in [2.24, 2.45) is 5.73 Å². The number of nitrogens with one attached hydrogen (secondary N) is 1. The first-order valence-electron chi connectivity index (χ1n) is 12.4. The zero-order valence-corrected chi connectivity index (χ0v) is 19.4. The molecule has 0 saturated carbocycles. The van der Waals surface area contributed by atoms with Crippen molar-refractivity contribution in [1.29, 1.82) is 0 Å². The molecule has 1 atom stereocenters. The largest absolute Gasteiger partial charge is 0.481 e. The van der Waals surface area contributed by atoms with Gasteiger partial charge < -0.3 is 21.3 Å². The zero-order chi connectivity index (χ0) is 23.2. The molecule has 0 saturated heterocycles. The SMILES string of the molecule is N[C@@H](CCCCNC(=O)CCCCCCCCCCCCCCCCC(=O)O)C(=O)O. The maximum atomic E-state index is 11.8. The van der Waals surface area contributed by atoms with E-state index in [-0.39, 0.29) is 5.91 Å². The second-order valence-electron chi connectivity index (χ2n) is 8.63. The number of hydrogen-bond acceptors (Lipinski definition) is 4. The molecule has 0 aromatic rings. The van der Waals surface area contributed by atoms with Crippen LogP contribution in [0.15, 0.2) is 0 Å². The molecule has 0 unspecified atom stereocenters. The number of amides is 1. The summed E-state index contributed by atoms with van der Waals surface area (Å²) in [6, 6.07) is -0.802. The summed E-state index contributed by atoms with van der Waals surface area (Å²) in [7, 11) is 0. The average molecular weight is 443 g/mol. The smallest absolute Gasteiger partial charge is 0.320 e. The lowest BCUT2D eigenvalue weighted by Crippen LogP contribution is -2.30. The van der Waals surface area contributed by atoms with Gasteiger partial charge in [0.15, 0.2) is 0 Å². The Morgan fingerprint density at radius 1 is 0.613 bits per heavy atom. The topological polar surface area (TPSA) is 130 Å². The Hall–Kier alpha value is -1.63. The van der Waals surface area contributed by atoms with Crippen molar-refractivity contribution in [1.82, 2.24) is 5.32 Å². The Balaban J connectivity index is 3.21. The Labute approximate surface area is 188 Å². The predicted octanol–water partition coefficient (Wildman–Crippen LogP) is 5.01. The summed E-state index contributed by atoms with van der Waals surface area (Å²) in [5, 5.41) is 20.2. The summed E-state index contributed by atoms with van der Waals surface area (Å²) in [4.78, 5) is 32.8. The molecule has 182 valence electrons. The van der Waals surface area contributed by atoms with Gasteiger partial charge in [-0.3, -0.25) is 14.4 Å². The van der Waals surface area contributed by atoms with Gasteiger partial charge in [0.05, 0.1) is 0 Å². The number of carboxylic acids is 2. The highest BCUT2D eigenvalue weighted by molar-refractivity contribution is 5.75. The third kappa shape index (κ3) is 22.9. The number of hydrogen-bond donors (Lipinski definition) is 4. The third-order valence-corrected chi connectivity index (χ3v) is 5.63. The first-order valence-corrected chi connectivity index (χ1v) is 12.4. The van der Waals surface area contributed by atoms with Crippen LogP contribution in [0.25, 0.3) is 0 Å². The van der Waals surface area contributed by atoms with Gasteiger partial charge in [0.2, 0.25) is 5.91 Å². The van der Waals surface area contributed by atoms with Crippen molar-refractivity contribution >= 4 is 17.8 Å². The normalized spacial score (nSPS) is 11.9. The maximum Gasteiger partial charge on any atom is 0.320 e. The molecule has 0 bridgehead atoms. The maximum absolute atomic E-state index is 11.8. The minimum atomic E-state index is -0.970. The van der Waals surface area contributed by atoms with E-state index in [9.17, 15) is 14.4 Å². The van der Waals surface area contributed by atoms with Gasteiger partial charge in [-0.25, -0.2) is 0 Å². The van der Waals surface area contributed by atoms with Crippen molar-refractivity contribution < 1.29 is 24.6 Å². The molecule has 5 N–H and O–H groups in total. The molecule has 0 aliphatic heterocycles. The van der Waals surface area contributed by atoms with Gasteiger partial charge in [-0.2, -0.15) is 0 Å². The molecule has 7 heteroatoms. The molecule has 31 heavy (non-hydrogen) atoms. The molecular formula is C24H46N2O5. The molecule has 1 amide bonds. The monoisotopic (exact) mass is 442 g/mol. The van der Waals surface area contributed by atoms with Gasteiger partial charge in [-0.15, -0.1) is 0 Å². The Morgan fingerprint density at radius 3 is 1.45 bits per heavy atom. The van der Waals surface area contributed by atoms with Crippen LogP contribution in [-0.2, 0) is 14.4 Å². The number of nitrogens with two attached hydrogens (primary N) is 1. The number of carbonyl (C=O) groups is 3. The highest BCUT2D eigenvalue weighted by atomic mass is 16.4. The second-order valence-corrected chi connectivity index (χ2v) is 8.63. The van der Waals surface area contributed by atoms with Gasteiger partial charge in [-0.05, 0) is 32.1 Å². The third-order valence-electron chi connectivity index (χ3n) is 5.63. The van der Waals surface area contributed by atoms with Crippen molar-refractivity contribution in [2.75, 3.05) is 6.54 Å². The number of rotatable bonds is 23. The van der Waals surface area contributed by atoms with E-state index >= 15 is 0 Å². The quantitative estimate of drug-likeness (QED) is 0.165. The van der Waals surface area contributed by atoms with Gasteiger partial charge in [-0.1, -0.05) is 77.0 Å². The summed E-state index contributed by atoms with van der Waals surface area (Å²) in [6.45, 7) is 0.593. The first kappa shape index (κ1) is 29.4. The molecule has 0 fully saturated rings. The molecule has 0 rings (SSSR count). The first-order chi connectivity index (χ1) is 14.9. The summed E-state index contributed by atoms with van der Waals surface area (Å²) < 4.78 is 0. The molecule has 0 aliphatic rings. The van der Waals surface area contributed by atoms with Crippen LogP contribution < -0.4 is 11.1 Å². The lowest BCUT2D eigenvalue weighted by atomic mass is 10.0. The van der Waals surface area contributed by atoms with E-state index in [1.165, 1.54) is 57.8 Å². The number of carboxylic acid groups (broad SMARTS) is 2. The van der Waals surface area contributed by atoms with E-state index in [0.717, 1.165) is 38.5 Å². The fourth-order valence-corrected chi connectivity index (χ4v) is 3.61. The van der Waals surface area contributed by atoms with Crippen molar-refractivity contribution in [3.05, 3.63) is 0 Å². The van der Waals surface area contributed by atoms with Gasteiger partial charge in [0, 0.05) is 19.4 Å². The second kappa shape index (κ2) is 21.6. The minimum absolute atomic E-state index is 0.0874. The van der Waals surface area contributed by atoms with Crippen LogP contribution in [-0.4, -0.2) is 40.6 Å². The van der Waals surface area contributed by atoms with Crippen LogP contribution in [0.3, 0.4) is 0 Å². The van der Waals surface area contributed by atoms with E-state index < -0.39 is 18.0 Å². The standard InChI is InChI=1S/C24H46N2O5/c25-21(24(30)31)17-15-16-20-26-22(27)18-13-11-9-7-5-3-1-2-4-6-8-10-12-14-19-23(28)29/h21H,1-20,25H2,(H,26,27)(H,28,29)(H,30,31)/t21-/m0/s1. The molecule has 0 aromatic carbocycles. The number of unbranched alkanes of at least 4 members (excludes halogenated alkanes) is 14. The molecule has 0 aromatic heterocycles. The molecule has 0 radical (unpaired) electrons. The Kier molecular flexibility index (Phi) is 20.5. The highest BCUT2D eigenvalue weighted by Crippen LogP contribution is 2.13. The Morgan fingerprint density at radius 2 is 1.03 bits per heavy atom. The van der Waals surface area contributed by atoms with E-state index in [1.54, 1.807) is 0 Å². The number of aliphatic carboxylic acids is 2. The van der Waals surface area contributed by atoms with Gasteiger partial charge in [0.1, 0.15) is 6.04 Å². The zero-order valence-electron chi connectivity index (χ0n) is 19.4. The summed E-state index contributed by atoms with van der Waals surface area (Å²) in [5.74, 6) is -1.57. The minimum Gasteiger partial charge on any atom is -0.481 e. The van der Waals surface area contributed by atoms with Gasteiger partial charge in [0.25, 0.3) is 0 Å². The fourth-order valence-electron chi connectivity index (χ4n) is 3.61. The van der Waals surface area contributed by atoms with E-state index in [1.807, 2.05) is 0 Å². The van der Waals surface area contributed by atoms with Crippen molar-refractivity contribution in [3.63, 3.8) is 0 Å². The predicted molar refractivity (Wildman–Crippen MR) is 124 cm³/mol. The summed E-state index contributed by atoms with van der Waals surface area (Å²) in [6.07, 6.45) is 19.3. The molecule has 0 aliphatic carbocycles. The molecule has 0 spiro atoms. The number of carbonyl (C=O) groups excluding carboxylic acids is 1. The van der Waals surface area contributed by atoms with Crippen molar-refractivity contribution in [3.8, 4) is 0 Å². The lowest BCUT2D eigenvalue weighted by Gasteiger charge is -2.07. The van der Waals surface area contributed by atoms with Crippen LogP contribution in [0.4, 0.5) is 0 Å². The Bertz CT molecular complexity index is 471. The van der Waals surface area contributed by atoms with Crippen LogP contribution in [0, 0.1) is 0 Å². The van der Waals surface area contributed by atoms with Crippen LogP contribution in [0.1, 0.15) is 122 Å². The molecule has 7 nitrogen and oxygen atoms in total. The van der Waals surface area contributed by atoms with Crippen LogP contribution in [0.5, 0.6) is 0 Å². The highest BCUT2D eigenvalue weighted by Gasteiger charge is 2.10.